The topological polar surface area (TPSA) is 98.7 Å². The van der Waals surface area contributed by atoms with Crippen molar-refractivity contribution in [3.8, 4) is 0 Å². The van der Waals surface area contributed by atoms with Crippen molar-refractivity contribution < 1.29 is 13.2 Å². The fourth-order valence-corrected chi connectivity index (χ4v) is 3.71. The van der Waals surface area contributed by atoms with E-state index in [1.807, 2.05) is 0 Å². The third-order valence-electron chi connectivity index (χ3n) is 4.12. The molecule has 1 aliphatic carbocycles. The van der Waals surface area contributed by atoms with Crippen LogP contribution in [0.25, 0.3) is 0 Å². The van der Waals surface area contributed by atoms with Crippen LogP contribution < -0.4 is 15.8 Å². The van der Waals surface area contributed by atoms with Crippen LogP contribution in [0.3, 0.4) is 0 Å². The number of nitrogen functional groups attached to an aromatic ring is 1. The van der Waals surface area contributed by atoms with Crippen molar-refractivity contribution >= 4 is 21.4 Å². The number of fused-ring (bicyclic) bond motifs is 1. The molecule has 2 fully saturated rings. The molecule has 0 aromatic heterocycles. The Bertz CT molecular complexity index is 617. The van der Waals surface area contributed by atoms with Crippen LogP contribution in [0.4, 0.5) is 11.4 Å². The lowest BCUT2D eigenvalue weighted by Gasteiger charge is -2.40. The number of hydrogen-bond donors (Lipinski definition) is 2. The number of ether oxygens (including phenoxy) is 1. The molecule has 0 bridgehead atoms. The zero-order chi connectivity index (χ0) is 14.3. The quantitative estimate of drug-likeness (QED) is 0.782. The van der Waals surface area contributed by atoms with Gasteiger partial charge in [-0.15, -0.1) is 0 Å². The molecular formula is C13H19N3O3S. The number of anilines is 2. The number of nitrogens with zero attached hydrogens (tertiary/aromatic N) is 1. The lowest BCUT2D eigenvalue weighted by atomic mass is 10.1. The number of sulfonamides is 1. The van der Waals surface area contributed by atoms with E-state index in [-0.39, 0.29) is 17.0 Å². The van der Waals surface area contributed by atoms with Crippen LogP contribution >= 0.6 is 0 Å². The maximum absolute atomic E-state index is 11.5. The van der Waals surface area contributed by atoms with Gasteiger partial charge in [0.25, 0.3) is 0 Å². The molecule has 20 heavy (non-hydrogen) atoms. The highest BCUT2D eigenvalue weighted by molar-refractivity contribution is 7.89. The first-order valence-electron chi connectivity index (χ1n) is 6.77. The predicted octanol–water partition coefficient (Wildman–Crippen LogP) is 0.674. The van der Waals surface area contributed by atoms with Crippen molar-refractivity contribution in [1.29, 1.82) is 0 Å². The van der Waals surface area contributed by atoms with Crippen LogP contribution in [0.2, 0.25) is 0 Å². The van der Waals surface area contributed by atoms with E-state index in [2.05, 4.69) is 4.90 Å². The number of nitrogens with two attached hydrogens (primary N) is 2. The lowest BCUT2D eigenvalue weighted by molar-refractivity contribution is 0.0257. The Kier molecular flexibility index (Phi) is 3.35. The second kappa shape index (κ2) is 4.91. The van der Waals surface area contributed by atoms with Crippen molar-refractivity contribution in [1.82, 2.24) is 0 Å². The second-order valence-corrected chi connectivity index (χ2v) is 6.93. The molecule has 0 amide bonds. The summed E-state index contributed by atoms with van der Waals surface area (Å²) in [5.41, 5.74) is 7.35. The highest BCUT2D eigenvalue weighted by atomic mass is 32.2. The summed E-state index contributed by atoms with van der Waals surface area (Å²) in [6.45, 7) is 1.36. The number of hydrogen-bond acceptors (Lipinski definition) is 5. The van der Waals surface area contributed by atoms with Gasteiger partial charge in [-0.25, -0.2) is 13.6 Å². The maximum Gasteiger partial charge on any atom is 0.238 e. The van der Waals surface area contributed by atoms with E-state index in [9.17, 15) is 8.42 Å². The van der Waals surface area contributed by atoms with Gasteiger partial charge >= 0.3 is 0 Å². The van der Waals surface area contributed by atoms with E-state index in [0.29, 0.717) is 12.3 Å². The average Bonchev–Trinajstić information content (AvgIpc) is 2.86. The number of morpholine rings is 1. The van der Waals surface area contributed by atoms with E-state index in [1.165, 1.54) is 6.07 Å². The van der Waals surface area contributed by atoms with E-state index >= 15 is 0 Å². The minimum atomic E-state index is -3.72. The largest absolute Gasteiger partial charge is 0.397 e. The molecule has 110 valence electrons. The maximum atomic E-state index is 11.5. The molecule has 7 heteroatoms. The molecule has 6 nitrogen and oxygen atoms in total. The normalized spacial score (nSPS) is 26.6. The Balaban J connectivity index is 2.00. The highest BCUT2D eigenvalue weighted by Gasteiger charge is 2.36. The SMILES string of the molecule is Nc1ccc(S(N)(=O)=O)cc1N1CCOC2CCCC21. The van der Waals surface area contributed by atoms with Crippen LogP contribution in [0.15, 0.2) is 23.1 Å². The van der Waals surface area contributed by atoms with Crippen LogP contribution in [0.1, 0.15) is 19.3 Å². The molecule has 1 aromatic carbocycles. The Morgan fingerprint density at radius 2 is 2.10 bits per heavy atom. The fourth-order valence-electron chi connectivity index (χ4n) is 3.17. The van der Waals surface area contributed by atoms with E-state index in [0.717, 1.165) is 31.5 Å². The van der Waals surface area contributed by atoms with Gasteiger partial charge in [0.2, 0.25) is 10.0 Å². The molecule has 1 saturated carbocycles. The Morgan fingerprint density at radius 1 is 1.30 bits per heavy atom. The zero-order valence-electron chi connectivity index (χ0n) is 11.2. The summed E-state index contributed by atoms with van der Waals surface area (Å²) in [6, 6.07) is 4.91. The van der Waals surface area contributed by atoms with Gasteiger partial charge in [-0.3, -0.25) is 0 Å². The van der Waals surface area contributed by atoms with E-state index in [1.54, 1.807) is 12.1 Å². The molecular weight excluding hydrogens is 278 g/mol. The fraction of sp³-hybridized carbons (Fsp3) is 0.538. The van der Waals surface area contributed by atoms with Crippen LogP contribution in [-0.2, 0) is 14.8 Å². The van der Waals surface area contributed by atoms with Gasteiger partial charge in [-0.1, -0.05) is 0 Å². The van der Waals surface area contributed by atoms with Gasteiger partial charge in [0.15, 0.2) is 0 Å². The molecule has 3 rings (SSSR count). The van der Waals surface area contributed by atoms with Crippen molar-refractivity contribution in [2.75, 3.05) is 23.8 Å². The Morgan fingerprint density at radius 3 is 2.85 bits per heavy atom. The van der Waals surface area contributed by atoms with Crippen LogP contribution in [0, 0.1) is 0 Å². The summed E-state index contributed by atoms with van der Waals surface area (Å²) < 4.78 is 28.8. The van der Waals surface area contributed by atoms with Gasteiger partial charge in [0.05, 0.1) is 35.0 Å². The number of primary sulfonamides is 1. The van der Waals surface area contributed by atoms with Crippen molar-refractivity contribution in [3.05, 3.63) is 18.2 Å². The Labute approximate surface area is 118 Å². The summed E-state index contributed by atoms with van der Waals surface area (Å²) in [5, 5.41) is 5.20. The number of rotatable bonds is 2. The second-order valence-electron chi connectivity index (χ2n) is 5.37. The van der Waals surface area contributed by atoms with Crippen molar-refractivity contribution in [2.24, 2.45) is 5.14 Å². The molecule has 1 aromatic rings. The summed E-state index contributed by atoms with van der Waals surface area (Å²) in [6.07, 6.45) is 3.45. The predicted molar refractivity (Wildman–Crippen MR) is 77.0 cm³/mol. The number of benzene rings is 1. The molecule has 2 atom stereocenters. The molecule has 0 radical (unpaired) electrons. The Hall–Kier alpha value is -1.31. The summed E-state index contributed by atoms with van der Waals surface area (Å²) >= 11 is 0. The monoisotopic (exact) mass is 297 g/mol. The molecule has 2 aliphatic rings. The van der Waals surface area contributed by atoms with Gasteiger partial charge in [0, 0.05) is 6.54 Å². The first-order valence-corrected chi connectivity index (χ1v) is 8.32. The van der Waals surface area contributed by atoms with Crippen molar-refractivity contribution in [3.63, 3.8) is 0 Å². The minimum Gasteiger partial charge on any atom is -0.397 e. The molecule has 0 spiro atoms. The molecule has 1 aliphatic heterocycles. The standard InChI is InChI=1S/C13H19N3O3S/c14-10-5-4-9(20(15,17)18)8-12(10)16-6-7-19-13-3-1-2-11(13)16/h4-5,8,11,13H,1-3,6-7,14H2,(H2,15,17,18). The van der Waals surface area contributed by atoms with Gasteiger partial charge in [0.1, 0.15) is 0 Å². The first-order chi connectivity index (χ1) is 9.47. The van der Waals surface area contributed by atoms with Crippen LogP contribution in [0.5, 0.6) is 0 Å². The summed E-state index contributed by atoms with van der Waals surface area (Å²) in [5.74, 6) is 0. The van der Waals surface area contributed by atoms with Gasteiger partial charge < -0.3 is 15.4 Å². The van der Waals surface area contributed by atoms with E-state index in [4.69, 9.17) is 15.6 Å². The third kappa shape index (κ3) is 2.36. The van der Waals surface area contributed by atoms with Gasteiger partial charge in [-0.2, -0.15) is 0 Å². The van der Waals surface area contributed by atoms with Crippen LogP contribution in [-0.4, -0.2) is 33.7 Å². The first kappa shape index (κ1) is 13.7. The van der Waals surface area contributed by atoms with Crippen molar-refractivity contribution in [2.45, 2.75) is 36.3 Å². The lowest BCUT2D eigenvalue weighted by Crippen LogP contribution is -2.49. The van der Waals surface area contributed by atoms with E-state index < -0.39 is 10.0 Å². The minimum absolute atomic E-state index is 0.0998. The zero-order valence-corrected chi connectivity index (χ0v) is 12.0. The molecule has 1 saturated heterocycles. The molecule has 4 N–H and O–H groups in total. The molecule has 1 heterocycles. The highest BCUT2D eigenvalue weighted by Crippen LogP contribution is 2.36. The summed E-state index contributed by atoms with van der Waals surface area (Å²) in [7, 11) is -3.72. The average molecular weight is 297 g/mol. The van der Waals surface area contributed by atoms with Gasteiger partial charge in [-0.05, 0) is 37.5 Å². The third-order valence-corrected chi connectivity index (χ3v) is 5.03. The molecule has 2 unspecified atom stereocenters. The summed E-state index contributed by atoms with van der Waals surface area (Å²) in [4.78, 5) is 2.27. The smallest absolute Gasteiger partial charge is 0.238 e.